The molecule has 2 aromatic carbocycles. The van der Waals surface area contributed by atoms with Gasteiger partial charge in [-0.1, -0.05) is 37.3 Å². The Hall–Kier alpha value is -3.35. The minimum absolute atomic E-state index is 0.00595. The first-order chi connectivity index (χ1) is 14.3. The van der Waals surface area contributed by atoms with Crippen molar-refractivity contribution in [2.45, 2.75) is 53.1 Å². The van der Waals surface area contributed by atoms with Gasteiger partial charge in [-0.3, -0.25) is 25.2 Å². The quantitative estimate of drug-likeness (QED) is 0.581. The van der Waals surface area contributed by atoms with Crippen LogP contribution in [-0.2, 0) is 14.4 Å². The second-order valence-corrected chi connectivity index (χ2v) is 7.18. The van der Waals surface area contributed by atoms with Crippen molar-refractivity contribution in [3.63, 3.8) is 0 Å². The van der Waals surface area contributed by atoms with Gasteiger partial charge in [0.25, 0.3) is 5.91 Å². The average molecular weight is 412 g/mol. The number of para-hydroxylation sites is 1. The number of carbonyl (C=O) groups is 3. The van der Waals surface area contributed by atoms with E-state index in [1.807, 2.05) is 64.1 Å². The molecule has 0 saturated heterocycles. The van der Waals surface area contributed by atoms with Gasteiger partial charge in [0.05, 0.1) is 0 Å². The number of rotatable bonds is 8. The third-order valence-electron chi connectivity index (χ3n) is 4.60. The van der Waals surface area contributed by atoms with Crippen LogP contribution >= 0.6 is 0 Å². The van der Waals surface area contributed by atoms with E-state index in [0.717, 1.165) is 22.4 Å². The van der Waals surface area contributed by atoms with Crippen molar-refractivity contribution in [3.8, 4) is 5.75 Å². The van der Waals surface area contributed by atoms with Crippen molar-refractivity contribution >= 4 is 23.4 Å². The Morgan fingerprint density at radius 1 is 0.900 bits per heavy atom. The average Bonchev–Trinajstić information content (AvgIpc) is 2.72. The maximum Gasteiger partial charge on any atom is 0.279 e. The van der Waals surface area contributed by atoms with E-state index in [1.54, 1.807) is 6.07 Å². The minimum atomic E-state index is -0.737. The van der Waals surface area contributed by atoms with E-state index in [2.05, 4.69) is 16.2 Å². The summed E-state index contributed by atoms with van der Waals surface area (Å²) in [5.41, 5.74) is 8.34. The Balaban J connectivity index is 1.77. The highest BCUT2D eigenvalue weighted by atomic mass is 16.5. The molecule has 0 aliphatic heterocycles. The third kappa shape index (κ3) is 6.92. The molecule has 0 spiro atoms. The summed E-state index contributed by atoms with van der Waals surface area (Å²) in [6, 6.07) is 13.2. The second-order valence-electron chi connectivity index (χ2n) is 7.18. The van der Waals surface area contributed by atoms with Gasteiger partial charge in [0, 0.05) is 18.5 Å². The molecule has 7 heteroatoms. The molecule has 3 N–H and O–H groups in total. The van der Waals surface area contributed by atoms with E-state index in [4.69, 9.17) is 4.74 Å². The Labute approximate surface area is 177 Å². The molecule has 2 rings (SSSR count). The van der Waals surface area contributed by atoms with Crippen LogP contribution in [0.25, 0.3) is 0 Å². The fraction of sp³-hybridized carbons (Fsp3) is 0.348. The van der Waals surface area contributed by atoms with Crippen LogP contribution in [0.1, 0.15) is 42.9 Å². The van der Waals surface area contributed by atoms with Gasteiger partial charge >= 0.3 is 0 Å². The lowest BCUT2D eigenvalue weighted by molar-refractivity contribution is -0.133. The van der Waals surface area contributed by atoms with Gasteiger partial charge in [-0.25, -0.2) is 0 Å². The maximum absolute atomic E-state index is 12.3. The van der Waals surface area contributed by atoms with Gasteiger partial charge in [-0.15, -0.1) is 0 Å². The first-order valence-corrected chi connectivity index (χ1v) is 9.98. The predicted molar refractivity (Wildman–Crippen MR) is 116 cm³/mol. The van der Waals surface area contributed by atoms with Gasteiger partial charge in [0.15, 0.2) is 6.10 Å². The molecular formula is C23H29N3O4. The number of aryl methyl sites for hydroxylation is 3. The van der Waals surface area contributed by atoms with E-state index < -0.39 is 17.9 Å². The summed E-state index contributed by atoms with van der Waals surface area (Å²) >= 11 is 0. The molecule has 0 aliphatic rings. The molecule has 0 bridgehead atoms. The Kier molecular flexibility index (Phi) is 8.41. The summed E-state index contributed by atoms with van der Waals surface area (Å²) in [6.45, 7) is 7.56. The number of hydrogen-bond donors (Lipinski definition) is 3. The van der Waals surface area contributed by atoms with E-state index in [0.29, 0.717) is 12.2 Å². The van der Waals surface area contributed by atoms with Crippen molar-refractivity contribution in [3.05, 3.63) is 59.2 Å². The molecule has 2 aromatic rings. The summed E-state index contributed by atoms with van der Waals surface area (Å²) in [5, 5.41) is 2.80. The number of hydrazine groups is 1. The van der Waals surface area contributed by atoms with Crippen LogP contribution in [0.4, 0.5) is 5.69 Å². The largest absolute Gasteiger partial charge is 0.480 e. The van der Waals surface area contributed by atoms with Gasteiger partial charge < -0.3 is 10.1 Å². The molecule has 160 valence electrons. The highest BCUT2D eigenvalue weighted by Gasteiger charge is 2.19. The van der Waals surface area contributed by atoms with Crippen molar-refractivity contribution in [1.82, 2.24) is 10.9 Å². The van der Waals surface area contributed by atoms with E-state index in [-0.39, 0.29) is 18.7 Å². The summed E-state index contributed by atoms with van der Waals surface area (Å²) < 4.78 is 5.75. The molecular weight excluding hydrogens is 382 g/mol. The monoisotopic (exact) mass is 411 g/mol. The molecule has 0 heterocycles. The summed E-state index contributed by atoms with van der Waals surface area (Å²) in [7, 11) is 0. The molecule has 7 nitrogen and oxygen atoms in total. The molecule has 1 atom stereocenters. The number of nitrogens with one attached hydrogen (secondary N) is 3. The molecule has 0 aromatic heterocycles. The smallest absolute Gasteiger partial charge is 0.279 e. The maximum atomic E-state index is 12.3. The number of carbonyl (C=O) groups excluding carboxylic acids is 3. The molecule has 0 fully saturated rings. The number of ether oxygens (including phenoxy) is 1. The summed E-state index contributed by atoms with van der Waals surface area (Å²) in [5.74, 6) is -0.549. The topological polar surface area (TPSA) is 96.5 Å². The van der Waals surface area contributed by atoms with Crippen LogP contribution in [0.3, 0.4) is 0 Å². The lowest BCUT2D eigenvalue weighted by Gasteiger charge is -2.18. The number of benzene rings is 2. The van der Waals surface area contributed by atoms with Gasteiger partial charge in [0.2, 0.25) is 11.8 Å². The van der Waals surface area contributed by atoms with E-state index >= 15 is 0 Å². The normalized spacial score (nSPS) is 11.3. The second kappa shape index (κ2) is 11.0. The Bertz CT molecular complexity index is 911. The standard InChI is InChI=1S/C23H29N3O4/c1-5-19(30-20-9-7-6-8-17(20)4)23(29)26-25-22(28)13-12-21(27)24-18-14-15(2)10-11-16(18)3/h6-11,14,19H,5,12-13H2,1-4H3,(H,24,27)(H,25,28)(H,26,29). The number of anilines is 1. The van der Waals surface area contributed by atoms with E-state index in [9.17, 15) is 14.4 Å². The minimum Gasteiger partial charge on any atom is -0.480 e. The first kappa shape index (κ1) is 22.9. The summed E-state index contributed by atoms with van der Waals surface area (Å²) in [4.78, 5) is 36.4. The molecule has 0 saturated carbocycles. The fourth-order valence-electron chi connectivity index (χ4n) is 2.75. The summed E-state index contributed by atoms with van der Waals surface area (Å²) in [6.07, 6.45) is -0.341. The highest BCUT2D eigenvalue weighted by molar-refractivity contribution is 5.94. The highest BCUT2D eigenvalue weighted by Crippen LogP contribution is 2.19. The van der Waals surface area contributed by atoms with Crippen LogP contribution in [-0.4, -0.2) is 23.8 Å². The van der Waals surface area contributed by atoms with Crippen molar-refractivity contribution in [1.29, 1.82) is 0 Å². The van der Waals surface area contributed by atoms with Crippen LogP contribution in [0.2, 0.25) is 0 Å². The number of hydrogen-bond acceptors (Lipinski definition) is 4. The van der Waals surface area contributed by atoms with Crippen LogP contribution < -0.4 is 20.9 Å². The molecule has 0 radical (unpaired) electrons. The Morgan fingerprint density at radius 3 is 2.30 bits per heavy atom. The van der Waals surface area contributed by atoms with Gasteiger partial charge in [-0.2, -0.15) is 0 Å². The SMILES string of the molecule is CCC(Oc1ccccc1C)C(=O)NNC(=O)CCC(=O)Nc1cc(C)ccc1C. The van der Waals surface area contributed by atoms with Gasteiger partial charge in [0.1, 0.15) is 5.75 Å². The van der Waals surface area contributed by atoms with Crippen LogP contribution in [0, 0.1) is 20.8 Å². The van der Waals surface area contributed by atoms with Crippen molar-refractivity contribution < 1.29 is 19.1 Å². The zero-order valence-corrected chi connectivity index (χ0v) is 17.9. The third-order valence-corrected chi connectivity index (χ3v) is 4.60. The van der Waals surface area contributed by atoms with Crippen LogP contribution in [0.15, 0.2) is 42.5 Å². The molecule has 0 aliphatic carbocycles. The first-order valence-electron chi connectivity index (χ1n) is 9.98. The zero-order chi connectivity index (χ0) is 22.1. The lowest BCUT2D eigenvalue weighted by atomic mass is 10.1. The molecule has 3 amide bonds. The lowest BCUT2D eigenvalue weighted by Crippen LogP contribution is -2.48. The number of amides is 3. The van der Waals surface area contributed by atoms with Crippen LogP contribution in [0.5, 0.6) is 5.75 Å². The van der Waals surface area contributed by atoms with Crippen molar-refractivity contribution in [2.75, 3.05) is 5.32 Å². The molecule has 30 heavy (non-hydrogen) atoms. The fourth-order valence-corrected chi connectivity index (χ4v) is 2.75. The van der Waals surface area contributed by atoms with E-state index in [1.165, 1.54) is 0 Å². The zero-order valence-electron chi connectivity index (χ0n) is 17.9. The van der Waals surface area contributed by atoms with Gasteiger partial charge in [-0.05, 0) is 56.0 Å². The Morgan fingerprint density at radius 2 is 1.60 bits per heavy atom. The molecule has 1 unspecified atom stereocenters. The predicted octanol–water partition coefficient (Wildman–Crippen LogP) is 3.34. The van der Waals surface area contributed by atoms with Crippen molar-refractivity contribution in [2.24, 2.45) is 0 Å².